The molecule has 0 N–H and O–H groups in total. The van der Waals surface area contributed by atoms with E-state index in [-0.39, 0.29) is 6.07 Å². The van der Waals surface area contributed by atoms with Crippen molar-refractivity contribution in [2.24, 2.45) is 0 Å². The molecule has 1 aromatic carbocycles. The van der Waals surface area contributed by atoms with Crippen molar-refractivity contribution in [3.63, 3.8) is 0 Å². The number of esters is 3. The van der Waals surface area contributed by atoms with Crippen LogP contribution in [0.4, 0.5) is 61.5 Å². The quantitative estimate of drug-likeness (QED) is 0.203. The molecule has 0 unspecified atom stereocenters. The van der Waals surface area contributed by atoms with Crippen LogP contribution in [0, 0.1) is 0 Å². The lowest BCUT2D eigenvalue weighted by atomic mass is 10.1. The Morgan fingerprint density at radius 3 is 1.44 bits per heavy atom. The first-order valence-corrected chi connectivity index (χ1v) is 8.18. The molecular formula is C16H6F14O6. The Bertz CT molecular complexity index is 1030. The van der Waals surface area contributed by atoms with E-state index in [1.807, 2.05) is 0 Å². The van der Waals surface area contributed by atoms with Gasteiger partial charge in [0, 0.05) is 0 Å². The van der Waals surface area contributed by atoms with Crippen LogP contribution in [0.25, 0.3) is 0 Å². The highest BCUT2D eigenvalue weighted by Gasteiger charge is 2.78. The second-order valence-electron chi connectivity index (χ2n) is 6.23. The van der Waals surface area contributed by atoms with Crippen molar-refractivity contribution in [3.05, 3.63) is 23.8 Å². The van der Waals surface area contributed by atoms with E-state index in [1.54, 1.807) is 0 Å². The Kier molecular flexibility index (Phi) is 7.90. The van der Waals surface area contributed by atoms with Gasteiger partial charge in [0.2, 0.25) is 0 Å². The van der Waals surface area contributed by atoms with Crippen LogP contribution in [0.15, 0.2) is 18.2 Å². The lowest BCUT2D eigenvalue weighted by molar-refractivity contribution is -0.347. The summed E-state index contributed by atoms with van der Waals surface area (Å²) < 4.78 is 189. The van der Waals surface area contributed by atoms with Crippen LogP contribution in [-0.4, -0.2) is 61.1 Å². The highest BCUT2D eigenvalue weighted by Crippen LogP contribution is 2.48. The second-order valence-corrected chi connectivity index (χ2v) is 6.23. The molecule has 0 atom stereocenters. The number of methoxy groups -OCH3 is 1. The van der Waals surface area contributed by atoms with Gasteiger partial charge in [-0.3, -0.25) is 0 Å². The summed E-state index contributed by atoms with van der Waals surface area (Å²) in [5, 5.41) is 0. The number of carbonyl (C=O) groups excluding carboxylic acids is 3. The molecule has 36 heavy (non-hydrogen) atoms. The number of ether oxygens (including phenoxy) is 3. The summed E-state index contributed by atoms with van der Waals surface area (Å²) in [4.78, 5) is 34.1. The molecule has 0 fully saturated rings. The van der Waals surface area contributed by atoms with Crippen LogP contribution < -0.4 is 9.47 Å². The lowest BCUT2D eigenvalue weighted by Gasteiger charge is -2.26. The molecule has 6 nitrogen and oxygen atoms in total. The minimum atomic E-state index is -7.05. The zero-order valence-electron chi connectivity index (χ0n) is 16.5. The molecule has 204 valence electrons. The fourth-order valence-corrected chi connectivity index (χ4v) is 1.87. The normalized spacial score (nSPS) is 13.8. The van der Waals surface area contributed by atoms with E-state index < -0.39 is 71.0 Å². The van der Waals surface area contributed by atoms with Gasteiger partial charge in [-0.1, -0.05) is 0 Å². The van der Waals surface area contributed by atoms with Crippen molar-refractivity contribution < 1.29 is 90.1 Å². The second kappa shape index (κ2) is 9.26. The molecule has 1 rings (SSSR count). The molecule has 0 amide bonds. The molecule has 0 aliphatic heterocycles. The van der Waals surface area contributed by atoms with E-state index in [2.05, 4.69) is 14.2 Å². The highest BCUT2D eigenvalue weighted by molar-refractivity contribution is 5.99. The van der Waals surface area contributed by atoms with Crippen LogP contribution in [0.2, 0.25) is 0 Å². The smallest absolute Gasteiger partial charge is 0.460 e. The summed E-state index contributed by atoms with van der Waals surface area (Å²) >= 11 is 0. The van der Waals surface area contributed by atoms with Crippen molar-refractivity contribution >= 4 is 17.9 Å². The topological polar surface area (TPSA) is 78.9 Å². The predicted octanol–water partition coefficient (Wildman–Crippen LogP) is 4.95. The number of benzene rings is 1. The van der Waals surface area contributed by atoms with Gasteiger partial charge in [-0.05, 0) is 18.2 Å². The summed E-state index contributed by atoms with van der Waals surface area (Å²) in [6.07, 6.45) is -14.0. The Hall–Kier alpha value is -3.35. The van der Waals surface area contributed by atoms with Crippen LogP contribution in [0.3, 0.4) is 0 Å². The van der Waals surface area contributed by atoms with E-state index in [1.165, 1.54) is 0 Å². The van der Waals surface area contributed by atoms with E-state index in [9.17, 15) is 75.8 Å². The number of hydrogen-bond acceptors (Lipinski definition) is 6. The molecular weight excluding hydrogens is 554 g/mol. The molecule has 0 bridgehead atoms. The van der Waals surface area contributed by atoms with Crippen LogP contribution in [0.1, 0.15) is 10.4 Å². The maximum absolute atomic E-state index is 13.4. The molecule has 0 saturated carbocycles. The Morgan fingerprint density at radius 2 is 1.06 bits per heavy atom. The summed E-state index contributed by atoms with van der Waals surface area (Å²) in [6.45, 7) is 0. The first-order chi connectivity index (χ1) is 15.9. The first kappa shape index (κ1) is 30.7. The number of carbonyl (C=O) groups is 3. The zero-order chi connectivity index (χ0) is 28.7. The number of alkyl halides is 14. The van der Waals surface area contributed by atoms with Crippen molar-refractivity contribution in [2.45, 2.75) is 36.0 Å². The molecule has 0 aliphatic rings. The minimum absolute atomic E-state index is 0.131. The molecule has 1 aromatic rings. The Morgan fingerprint density at radius 1 is 0.639 bits per heavy atom. The van der Waals surface area contributed by atoms with Crippen molar-refractivity contribution in [2.75, 3.05) is 7.11 Å². The highest BCUT2D eigenvalue weighted by atomic mass is 19.4. The average Bonchev–Trinajstić information content (AvgIpc) is 2.71. The Balaban J connectivity index is 3.29. The van der Waals surface area contributed by atoms with Gasteiger partial charge in [0.15, 0.2) is 11.5 Å². The van der Waals surface area contributed by atoms with Gasteiger partial charge in [0.1, 0.15) is 0 Å². The van der Waals surface area contributed by atoms with Crippen molar-refractivity contribution in [3.8, 4) is 11.5 Å². The van der Waals surface area contributed by atoms with Gasteiger partial charge < -0.3 is 14.2 Å². The molecule has 0 saturated heterocycles. The first-order valence-electron chi connectivity index (χ1n) is 8.18. The average molecular weight is 560 g/mol. The van der Waals surface area contributed by atoms with E-state index in [4.69, 9.17) is 0 Å². The number of rotatable bonds is 7. The summed E-state index contributed by atoms with van der Waals surface area (Å²) in [5.74, 6) is -39.8. The monoisotopic (exact) mass is 560 g/mol. The van der Waals surface area contributed by atoms with E-state index >= 15 is 0 Å². The maximum atomic E-state index is 13.4. The standard InChI is InChI=1S/C16H6F14O6/c1-34-6-3-2-5(8(31)36-10(33)12(19,20)14(23,24)16(28,29)30)4-7(6)35-9(32)11(17,18)13(21,22)15(25,26)27/h2-4H,1H3. The van der Waals surface area contributed by atoms with Crippen molar-refractivity contribution in [1.82, 2.24) is 0 Å². The van der Waals surface area contributed by atoms with Gasteiger partial charge in [-0.15, -0.1) is 0 Å². The third-order valence-corrected chi connectivity index (χ3v) is 3.80. The number of hydrogen-bond donors (Lipinski definition) is 0. The summed E-state index contributed by atoms with van der Waals surface area (Å²) in [7, 11) is 0.649. The maximum Gasteiger partial charge on any atom is 0.460 e. The zero-order valence-corrected chi connectivity index (χ0v) is 16.5. The Labute approximate surface area is 187 Å². The minimum Gasteiger partial charge on any atom is -0.493 e. The van der Waals surface area contributed by atoms with E-state index in [0.717, 1.165) is 0 Å². The van der Waals surface area contributed by atoms with Crippen LogP contribution in [-0.2, 0) is 14.3 Å². The van der Waals surface area contributed by atoms with Crippen LogP contribution in [0.5, 0.6) is 11.5 Å². The molecule has 0 heterocycles. The number of halogens is 14. The van der Waals surface area contributed by atoms with Gasteiger partial charge in [-0.25, -0.2) is 14.4 Å². The molecule has 0 aliphatic carbocycles. The van der Waals surface area contributed by atoms with Gasteiger partial charge >= 0.3 is 54.0 Å². The summed E-state index contributed by atoms with van der Waals surface area (Å²) in [6, 6.07) is 0.536. The molecule has 0 aromatic heterocycles. The predicted molar refractivity (Wildman–Crippen MR) is 80.9 cm³/mol. The van der Waals surface area contributed by atoms with Gasteiger partial charge in [0.25, 0.3) is 0 Å². The van der Waals surface area contributed by atoms with Crippen LogP contribution >= 0.6 is 0 Å². The van der Waals surface area contributed by atoms with E-state index in [0.29, 0.717) is 19.2 Å². The third kappa shape index (κ3) is 5.25. The summed E-state index contributed by atoms with van der Waals surface area (Å²) in [5.41, 5.74) is -1.43. The molecule has 0 spiro atoms. The largest absolute Gasteiger partial charge is 0.493 e. The fraction of sp³-hybridized carbons (Fsp3) is 0.438. The SMILES string of the molecule is COc1ccc(C(=O)OC(=O)C(F)(F)C(F)(F)C(F)(F)F)cc1OC(=O)C(F)(F)C(F)(F)C(F)(F)F. The third-order valence-electron chi connectivity index (χ3n) is 3.80. The molecule has 20 heteroatoms. The lowest BCUT2D eigenvalue weighted by Crippen LogP contribution is -2.57. The van der Waals surface area contributed by atoms with Gasteiger partial charge in [-0.2, -0.15) is 61.5 Å². The van der Waals surface area contributed by atoms with Gasteiger partial charge in [0.05, 0.1) is 12.7 Å². The fourth-order valence-electron chi connectivity index (χ4n) is 1.87. The van der Waals surface area contributed by atoms with Crippen molar-refractivity contribution in [1.29, 1.82) is 0 Å². The molecule has 0 radical (unpaired) electrons.